The predicted molar refractivity (Wildman–Crippen MR) is 99.3 cm³/mol. The van der Waals surface area contributed by atoms with E-state index in [1.165, 1.54) is 22.3 Å². The molecule has 0 aromatic heterocycles. The van der Waals surface area contributed by atoms with Crippen LogP contribution < -0.4 is 5.32 Å². The Morgan fingerprint density at radius 1 is 1.08 bits per heavy atom. The minimum Gasteiger partial charge on any atom is -0.449 e. The third kappa shape index (κ3) is 3.30. The number of nitrogens with one attached hydrogen (secondary N) is 1. The topological polar surface area (TPSA) is 38.3 Å². The van der Waals surface area contributed by atoms with E-state index >= 15 is 0 Å². The first kappa shape index (κ1) is 16.6. The average molecular weight is 325 g/mol. The van der Waals surface area contributed by atoms with Gasteiger partial charge in [-0.2, -0.15) is 0 Å². The van der Waals surface area contributed by atoms with Crippen LogP contribution in [0, 0.1) is 5.41 Å². The molecule has 0 bridgehead atoms. The molecule has 1 amide bonds. The molecule has 1 aliphatic carbocycles. The number of carbonyl (C=O) groups excluding carboxylic acids is 1. The number of alkyl carbamates (subject to hydrolysis) is 1. The van der Waals surface area contributed by atoms with Gasteiger partial charge in [0.25, 0.3) is 0 Å². The van der Waals surface area contributed by atoms with Crippen molar-refractivity contribution in [3.8, 4) is 11.1 Å². The Balaban J connectivity index is 0.00000225. The summed E-state index contributed by atoms with van der Waals surface area (Å²) in [7, 11) is 0. The van der Waals surface area contributed by atoms with Gasteiger partial charge in [-0.1, -0.05) is 69.3 Å². The van der Waals surface area contributed by atoms with Gasteiger partial charge in [0.2, 0.25) is 0 Å². The summed E-state index contributed by atoms with van der Waals surface area (Å²) in [5.41, 5.74) is 5.05. The summed E-state index contributed by atoms with van der Waals surface area (Å²) in [4.78, 5) is 12.1. The molecule has 3 rings (SSSR count). The van der Waals surface area contributed by atoms with Crippen LogP contribution in [0.3, 0.4) is 0 Å². The highest BCUT2D eigenvalue weighted by molar-refractivity contribution is 5.79. The van der Waals surface area contributed by atoms with E-state index in [1.54, 1.807) is 0 Å². The molecule has 0 spiro atoms. The Hall–Kier alpha value is -2.29. The van der Waals surface area contributed by atoms with E-state index in [4.69, 9.17) is 4.74 Å². The van der Waals surface area contributed by atoms with Gasteiger partial charge in [-0.05, 0) is 34.1 Å². The fraction of sp³-hybridized carbons (Fsp3) is 0.381. The van der Waals surface area contributed by atoms with Gasteiger partial charge >= 0.3 is 6.09 Å². The van der Waals surface area contributed by atoms with Crippen molar-refractivity contribution < 1.29 is 11.0 Å². The van der Waals surface area contributed by atoms with Crippen molar-refractivity contribution in [3.05, 3.63) is 59.7 Å². The lowest BCUT2D eigenvalue weighted by Gasteiger charge is -2.23. The number of rotatable bonds is 5. The van der Waals surface area contributed by atoms with Crippen LogP contribution in [0.5, 0.6) is 0 Å². The fourth-order valence-electron chi connectivity index (χ4n) is 3.09. The summed E-state index contributed by atoms with van der Waals surface area (Å²) in [5.74, 6) is 0.113. The number of hydrogen-bond acceptors (Lipinski definition) is 2. The Morgan fingerprint density at radius 3 is 2.17 bits per heavy atom. The smallest absolute Gasteiger partial charge is 0.407 e. The lowest BCUT2D eigenvalue weighted by atomic mass is 9.90. The van der Waals surface area contributed by atoms with Crippen molar-refractivity contribution in [2.45, 2.75) is 33.1 Å². The van der Waals surface area contributed by atoms with Crippen LogP contribution in [0.15, 0.2) is 48.5 Å². The molecule has 0 fully saturated rings. The molecule has 2 aromatic carbocycles. The molecule has 24 heavy (non-hydrogen) atoms. The number of amides is 1. The lowest BCUT2D eigenvalue weighted by Crippen LogP contribution is -2.34. The number of benzene rings is 2. The van der Waals surface area contributed by atoms with Gasteiger partial charge in [0.15, 0.2) is 0 Å². The van der Waals surface area contributed by atoms with Gasteiger partial charge < -0.3 is 10.1 Å². The van der Waals surface area contributed by atoms with E-state index in [2.05, 4.69) is 62.5 Å². The molecule has 0 saturated carbocycles. The second-order valence-corrected chi connectivity index (χ2v) is 7.20. The summed E-state index contributed by atoms with van der Waals surface area (Å²) in [6.07, 6.45) is 0.676. The molecule has 0 radical (unpaired) electrons. The standard InChI is InChI=1S/C21H25NO2.H2/c1-4-21(2,3)14-22-20(23)24-13-19-17-11-7-5-9-15(17)16-10-6-8-12-18(16)19;/h5-12,19H,4,13-14H2,1-3H3,(H,22,23);1H. The summed E-state index contributed by atoms with van der Waals surface area (Å²) < 4.78 is 5.53. The average Bonchev–Trinajstić information content (AvgIpc) is 2.92. The minimum atomic E-state index is -0.335. The maximum atomic E-state index is 12.1. The lowest BCUT2D eigenvalue weighted by molar-refractivity contribution is 0.138. The van der Waals surface area contributed by atoms with Gasteiger partial charge in [0, 0.05) is 13.9 Å². The minimum absolute atomic E-state index is 0. The monoisotopic (exact) mass is 325 g/mol. The number of carbonyl (C=O) groups is 1. The summed E-state index contributed by atoms with van der Waals surface area (Å²) in [5, 5.41) is 2.88. The third-order valence-electron chi connectivity index (χ3n) is 5.01. The van der Waals surface area contributed by atoms with Crippen molar-refractivity contribution in [2.24, 2.45) is 5.41 Å². The Labute approximate surface area is 145 Å². The molecule has 3 nitrogen and oxygen atoms in total. The zero-order valence-electron chi connectivity index (χ0n) is 14.6. The molecule has 0 unspecified atom stereocenters. The van der Waals surface area contributed by atoms with Crippen LogP contribution in [0.4, 0.5) is 4.79 Å². The number of fused-ring (bicyclic) bond motifs is 3. The highest BCUT2D eigenvalue weighted by Crippen LogP contribution is 2.44. The second kappa shape index (κ2) is 6.68. The van der Waals surface area contributed by atoms with Crippen molar-refractivity contribution in [3.63, 3.8) is 0 Å². The molecule has 2 aromatic rings. The summed E-state index contributed by atoms with van der Waals surface area (Å²) in [6, 6.07) is 16.7. The van der Waals surface area contributed by atoms with Crippen LogP contribution in [0.2, 0.25) is 0 Å². The first-order valence-electron chi connectivity index (χ1n) is 8.60. The SMILES string of the molecule is CCC(C)(C)CNC(=O)OCC1c2ccccc2-c2ccccc21.[HH]. The third-order valence-corrected chi connectivity index (χ3v) is 5.01. The van der Waals surface area contributed by atoms with Gasteiger partial charge in [-0.3, -0.25) is 0 Å². The highest BCUT2D eigenvalue weighted by atomic mass is 16.5. The molecular formula is C21H27NO2. The molecule has 1 N–H and O–H groups in total. The fourth-order valence-corrected chi connectivity index (χ4v) is 3.09. The van der Waals surface area contributed by atoms with Gasteiger partial charge in [-0.25, -0.2) is 4.79 Å². The second-order valence-electron chi connectivity index (χ2n) is 7.20. The van der Waals surface area contributed by atoms with Crippen LogP contribution >= 0.6 is 0 Å². The highest BCUT2D eigenvalue weighted by Gasteiger charge is 2.29. The van der Waals surface area contributed by atoms with Crippen molar-refractivity contribution >= 4 is 6.09 Å². The molecular weight excluding hydrogens is 298 g/mol. The number of hydrogen-bond donors (Lipinski definition) is 1. The van der Waals surface area contributed by atoms with Crippen molar-refractivity contribution in [1.82, 2.24) is 5.32 Å². The van der Waals surface area contributed by atoms with E-state index in [0.29, 0.717) is 13.2 Å². The number of ether oxygens (including phenoxy) is 1. The zero-order chi connectivity index (χ0) is 17.2. The molecule has 128 valence electrons. The quantitative estimate of drug-likeness (QED) is 0.819. The molecule has 0 atom stereocenters. The van der Waals surface area contributed by atoms with E-state index in [-0.39, 0.29) is 18.9 Å². The van der Waals surface area contributed by atoms with Gasteiger partial charge in [0.05, 0.1) is 0 Å². The Bertz CT molecular complexity index is 697. The van der Waals surface area contributed by atoms with E-state index < -0.39 is 0 Å². The molecule has 0 heterocycles. The van der Waals surface area contributed by atoms with Crippen molar-refractivity contribution in [2.75, 3.05) is 13.2 Å². The summed E-state index contributed by atoms with van der Waals surface area (Å²) in [6.45, 7) is 7.39. The van der Waals surface area contributed by atoms with Crippen LogP contribution in [0.1, 0.15) is 45.7 Å². The van der Waals surface area contributed by atoms with Gasteiger partial charge in [0.1, 0.15) is 6.61 Å². The van der Waals surface area contributed by atoms with E-state index in [1.807, 2.05) is 12.1 Å². The molecule has 3 heteroatoms. The normalized spacial score (nSPS) is 13.3. The van der Waals surface area contributed by atoms with Crippen LogP contribution in [-0.4, -0.2) is 19.2 Å². The Morgan fingerprint density at radius 2 is 1.62 bits per heavy atom. The van der Waals surface area contributed by atoms with Gasteiger partial charge in [-0.15, -0.1) is 0 Å². The van der Waals surface area contributed by atoms with E-state index in [0.717, 1.165) is 6.42 Å². The maximum Gasteiger partial charge on any atom is 0.407 e. The first-order valence-corrected chi connectivity index (χ1v) is 8.60. The van der Waals surface area contributed by atoms with Crippen LogP contribution in [-0.2, 0) is 4.74 Å². The van der Waals surface area contributed by atoms with E-state index in [9.17, 15) is 4.79 Å². The van der Waals surface area contributed by atoms with Crippen molar-refractivity contribution in [1.29, 1.82) is 0 Å². The maximum absolute atomic E-state index is 12.1. The zero-order valence-corrected chi connectivity index (χ0v) is 14.6. The van der Waals surface area contributed by atoms with Crippen LogP contribution in [0.25, 0.3) is 11.1 Å². The first-order chi connectivity index (χ1) is 11.5. The largest absolute Gasteiger partial charge is 0.449 e. The molecule has 1 aliphatic rings. The molecule has 0 aliphatic heterocycles. The summed E-state index contributed by atoms with van der Waals surface area (Å²) >= 11 is 0. The Kier molecular flexibility index (Phi) is 4.61. The predicted octanol–water partition coefficient (Wildman–Crippen LogP) is 5.21. The molecule has 0 saturated heterocycles.